The second-order valence-corrected chi connectivity index (χ2v) is 3.08. The second kappa shape index (κ2) is 7.00. The summed E-state index contributed by atoms with van der Waals surface area (Å²) in [6, 6.07) is 6.77. The Balaban J connectivity index is 2.54. The van der Waals surface area contributed by atoms with E-state index in [0.29, 0.717) is 17.6 Å². The summed E-state index contributed by atoms with van der Waals surface area (Å²) in [4.78, 5) is 21.5. The van der Waals surface area contributed by atoms with Crippen molar-refractivity contribution in [2.45, 2.75) is 0 Å². The number of nitrogens with one attached hydrogen (secondary N) is 1. The molecule has 88 valence electrons. The topological polar surface area (TPSA) is 55.4 Å². The van der Waals surface area contributed by atoms with E-state index in [9.17, 15) is 9.59 Å². The van der Waals surface area contributed by atoms with E-state index in [4.69, 9.17) is 4.74 Å². The summed E-state index contributed by atoms with van der Waals surface area (Å²) in [6.45, 7) is 0. The van der Waals surface area contributed by atoms with Crippen molar-refractivity contribution in [3.63, 3.8) is 0 Å². The van der Waals surface area contributed by atoms with Crippen molar-refractivity contribution in [3.8, 4) is 5.75 Å². The highest BCUT2D eigenvalue weighted by molar-refractivity contribution is 5.94. The summed E-state index contributed by atoms with van der Waals surface area (Å²) in [7, 11) is 1.57. The first-order chi connectivity index (χ1) is 8.27. The normalized spacial score (nSPS) is 10.6. The molecule has 1 aromatic rings. The quantitative estimate of drug-likeness (QED) is 0.476. The van der Waals surface area contributed by atoms with Crippen LogP contribution in [0.5, 0.6) is 5.75 Å². The standard InChI is InChI=1S/C13H13NO3/c1-17-12-7-5-11(6-8-12)13(16)14-9-3-2-4-10-15/h2-10H,1H3,(H,14,16)/b4-2+,9-3+. The lowest BCUT2D eigenvalue weighted by atomic mass is 10.2. The molecule has 1 N–H and O–H groups in total. The van der Waals surface area contributed by atoms with Gasteiger partial charge in [-0.15, -0.1) is 0 Å². The van der Waals surface area contributed by atoms with Gasteiger partial charge in [0.05, 0.1) is 7.11 Å². The fourth-order valence-corrected chi connectivity index (χ4v) is 1.11. The summed E-state index contributed by atoms with van der Waals surface area (Å²) in [6.07, 6.45) is 6.55. The second-order valence-electron chi connectivity index (χ2n) is 3.08. The Kier molecular flexibility index (Phi) is 5.24. The number of allylic oxidation sites excluding steroid dienone is 3. The van der Waals surface area contributed by atoms with E-state index in [-0.39, 0.29) is 5.91 Å². The summed E-state index contributed by atoms with van der Waals surface area (Å²) in [5.74, 6) is 0.481. The maximum atomic E-state index is 11.6. The number of hydrogen-bond acceptors (Lipinski definition) is 3. The molecule has 4 heteroatoms. The number of ether oxygens (including phenoxy) is 1. The number of carbonyl (C=O) groups excluding carboxylic acids is 2. The molecule has 17 heavy (non-hydrogen) atoms. The predicted octanol–water partition coefficient (Wildman–Crippen LogP) is 1.69. The molecule has 0 radical (unpaired) electrons. The van der Waals surface area contributed by atoms with Gasteiger partial charge in [-0.1, -0.05) is 6.08 Å². The van der Waals surface area contributed by atoms with Crippen molar-refractivity contribution in [2.24, 2.45) is 0 Å². The van der Waals surface area contributed by atoms with E-state index >= 15 is 0 Å². The zero-order valence-corrected chi connectivity index (χ0v) is 9.42. The first-order valence-electron chi connectivity index (χ1n) is 5.00. The molecule has 0 aliphatic heterocycles. The fraction of sp³-hybridized carbons (Fsp3) is 0.0769. The minimum atomic E-state index is -0.219. The highest BCUT2D eigenvalue weighted by Crippen LogP contribution is 2.10. The molecule has 1 amide bonds. The van der Waals surface area contributed by atoms with Crippen LogP contribution in [0.3, 0.4) is 0 Å². The lowest BCUT2D eigenvalue weighted by molar-refractivity contribution is -0.104. The molecule has 0 spiro atoms. The lowest BCUT2D eigenvalue weighted by Crippen LogP contribution is -2.16. The first kappa shape index (κ1) is 12.7. The Morgan fingerprint density at radius 1 is 1.18 bits per heavy atom. The van der Waals surface area contributed by atoms with E-state index in [1.54, 1.807) is 37.5 Å². The Bertz CT molecular complexity index is 432. The van der Waals surface area contributed by atoms with E-state index in [2.05, 4.69) is 5.32 Å². The van der Waals surface area contributed by atoms with Gasteiger partial charge in [0.15, 0.2) is 0 Å². The largest absolute Gasteiger partial charge is 0.497 e. The molecule has 0 heterocycles. The average molecular weight is 231 g/mol. The zero-order chi connectivity index (χ0) is 12.5. The third kappa shape index (κ3) is 4.34. The molecule has 0 bridgehead atoms. The number of amides is 1. The average Bonchev–Trinajstić information content (AvgIpc) is 2.38. The monoisotopic (exact) mass is 231 g/mol. The number of benzene rings is 1. The van der Waals surface area contributed by atoms with Crippen LogP contribution in [0.25, 0.3) is 0 Å². The lowest BCUT2D eigenvalue weighted by Gasteiger charge is -2.02. The van der Waals surface area contributed by atoms with Crippen LogP contribution in [0.1, 0.15) is 10.4 Å². The van der Waals surface area contributed by atoms with Gasteiger partial charge in [-0.2, -0.15) is 0 Å². The molecule has 0 aliphatic carbocycles. The molecule has 0 unspecified atom stereocenters. The van der Waals surface area contributed by atoms with Gasteiger partial charge >= 0.3 is 0 Å². The molecule has 0 saturated heterocycles. The first-order valence-corrected chi connectivity index (χ1v) is 5.00. The van der Waals surface area contributed by atoms with Gasteiger partial charge in [-0.05, 0) is 36.4 Å². The molecule has 1 rings (SSSR count). The summed E-state index contributed by atoms with van der Waals surface area (Å²) < 4.78 is 4.99. The van der Waals surface area contributed by atoms with Gasteiger partial charge in [-0.3, -0.25) is 9.59 Å². The van der Waals surface area contributed by atoms with Gasteiger partial charge in [0.1, 0.15) is 12.0 Å². The SMILES string of the molecule is COc1ccc(C(=O)N/C=C/C=C/C=O)cc1. The predicted molar refractivity (Wildman–Crippen MR) is 64.8 cm³/mol. The van der Waals surface area contributed by atoms with Crippen LogP contribution in [-0.2, 0) is 4.79 Å². The molecule has 0 aliphatic rings. The third-order valence-corrected chi connectivity index (χ3v) is 1.96. The maximum Gasteiger partial charge on any atom is 0.255 e. The summed E-state index contributed by atoms with van der Waals surface area (Å²) >= 11 is 0. The van der Waals surface area contributed by atoms with Gasteiger partial charge < -0.3 is 10.1 Å². The molecular weight excluding hydrogens is 218 g/mol. The molecule has 0 fully saturated rings. The van der Waals surface area contributed by atoms with Crippen molar-refractivity contribution in [2.75, 3.05) is 7.11 Å². The Morgan fingerprint density at radius 2 is 1.88 bits per heavy atom. The number of carbonyl (C=O) groups is 2. The van der Waals surface area contributed by atoms with Crippen LogP contribution in [-0.4, -0.2) is 19.3 Å². The molecule has 1 aromatic carbocycles. The molecule has 4 nitrogen and oxygen atoms in total. The molecule has 0 aromatic heterocycles. The fourth-order valence-electron chi connectivity index (χ4n) is 1.11. The van der Waals surface area contributed by atoms with Crippen molar-refractivity contribution < 1.29 is 14.3 Å². The number of rotatable bonds is 5. The van der Waals surface area contributed by atoms with Crippen molar-refractivity contribution in [1.29, 1.82) is 0 Å². The Morgan fingerprint density at radius 3 is 2.47 bits per heavy atom. The van der Waals surface area contributed by atoms with Gasteiger partial charge in [-0.25, -0.2) is 0 Å². The summed E-state index contributed by atoms with van der Waals surface area (Å²) in [5, 5.41) is 2.57. The Labute approximate surface area is 99.6 Å². The number of methoxy groups -OCH3 is 1. The third-order valence-electron chi connectivity index (χ3n) is 1.96. The van der Waals surface area contributed by atoms with Crippen molar-refractivity contribution >= 4 is 12.2 Å². The van der Waals surface area contributed by atoms with Crippen LogP contribution < -0.4 is 10.1 Å². The van der Waals surface area contributed by atoms with E-state index < -0.39 is 0 Å². The van der Waals surface area contributed by atoms with Gasteiger partial charge in [0.25, 0.3) is 5.91 Å². The van der Waals surface area contributed by atoms with E-state index in [1.807, 2.05) is 0 Å². The minimum absolute atomic E-state index is 0.219. The molecular formula is C13H13NO3. The number of aldehydes is 1. The van der Waals surface area contributed by atoms with Crippen LogP contribution >= 0.6 is 0 Å². The van der Waals surface area contributed by atoms with Crippen LogP contribution in [0.2, 0.25) is 0 Å². The smallest absolute Gasteiger partial charge is 0.255 e. The van der Waals surface area contributed by atoms with E-state index in [1.165, 1.54) is 18.4 Å². The van der Waals surface area contributed by atoms with Crippen LogP contribution in [0.15, 0.2) is 48.7 Å². The van der Waals surface area contributed by atoms with Crippen molar-refractivity contribution in [1.82, 2.24) is 5.32 Å². The van der Waals surface area contributed by atoms with Gasteiger partial charge in [0, 0.05) is 11.8 Å². The van der Waals surface area contributed by atoms with Crippen molar-refractivity contribution in [3.05, 3.63) is 54.3 Å². The number of hydrogen-bond donors (Lipinski definition) is 1. The van der Waals surface area contributed by atoms with Crippen LogP contribution in [0.4, 0.5) is 0 Å². The highest BCUT2D eigenvalue weighted by atomic mass is 16.5. The van der Waals surface area contributed by atoms with Crippen LogP contribution in [0, 0.1) is 0 Å². The Hall–Kier alpha value is -2.36. The highest BCUT2D eigenvalue weighted by Gasteiger charge is 2.02. The van der Waals surface area contributed by atoms with E-state index in [0.717, 1.165) is 0 Å². The molecule has 0 saturated carbocycles. The summed E-state index contributed by atoms with van der Waals surface area (Å²) in [5.41, 5.74) is 0.537. The maximum absolute atomic E-state index is 11.6. The minimum Gasteiger partial charge on any atom is -0.497 e. The molecule has 0 atom stereocenters. The van der Waals surface area contributed by atoms with Gasteiger partial charge in [0.2, 0.25) is 0 Å². The zero-order valence-electron chi connectivity index (χ0n) is 9.42.